The minimum absolute atomic E-state index is 0.249. The molecule has 2 aromatic carbocycles. The molecule has 7 nitrogen and oxygen atoms in total. The largest absolute Gasteiger partial charge is 0.495 e. The SMILES string of the molecule is COc1ccc(C)cc1N([C@@H](C)C(=O)NCCOc1cc(C)cc(C)c1)S(C)(=O)=O. The number of carbonyl (C=O) groups is 1. The zero-order valence-electron chi connectivity index (χ0n) is 18.4. The molecule has 2 rings (SSSR count). The number of ether oxygens (including phenoxy) is 2. The van der Waals surface area contributed by atoms with Crippen LogP contribution in [-0.4, -0.2) is 46.9 Å². The summed E-state index contributed by atoms with van der Waals surface area (Å²) in [7, 11) is -2.27. The molecule has 0 heterocycles. The van der Waals surface area contributed by atoms with Gasteiger partial charge in [-0.3, -0.25) is 9.10 Å². The number of sulfonamides is 1. The van der Waals surface area contributed by atoms with E-state index < -0.39 is 22.0 Å². The quantitative estimate of drug-likeness (QED) is 0.614. The Hall–Kier alpha value is -2.74. The Morgan fingerprint density at radius 1 is 1.07 bits per heavy atom. The lowest BCUT2D eigenvalue weighted by atomic mass is 10.1. The highest BCUT2D eigenvalue weighted by atomic mass is 32.2. The summed E-state index contributed by atoms with van der Waals surface area (Å²) < 4.78 is 37.1. The van der Waals surface area contributed by atoms with Crippen LogP contribution < -0.4 is 19.1 Å². The number of hydrogen-bond acceptors (Lipinski definition) is 5. The molecule has 0 fully saturated rings. The van der Waals surface area contributed by atoms with Crippen molar-refractivity contribution in [3.05, 3.63) is 53.1 Å². The third-order valence-corrected chi connectivity index (χ3v) is 5.75. The van der Waals surface area contributed by atoms with E-state index >= 15 is 0 Å². The molecule has 8 heteroatoms. The maximum absolute atomic E-state index is 12.7. The van der Waals surface area contributed by atoms with E-state index in [-0.39, 0.29) is 13.2 Å². The van der Waals surface area contributed by atoms with Gasteiger partial charge in [0.2, 0.25) is 15.9 Å². The lowest BCUT2D eigenvalue weighted by Crippen LogP contribution is -2.48. The van der Waals surface area contributed by atoms with Crippen molar-refractivity contribution < 1.29 is 22.7 Å². The van der Waals surface area contributed by atoms with Gasteiger partial charge < -0.3 is 14.8 Å². The predicted octanol–water partition coefficient (Wildman–Crippen LogP) is 2.97. The van der Waals surface area contributed by atoms with Crippen molar-refractivity contribution in [3.63, 3.8) is 0 Å². The monoisotopic (exact) mass is 434 g/mol. The van der Waals surface area contributed by atoms with E-state index in [0.717, 1.165) is 33.0 Å². The number of aryl methyl sites for hydroxylation is 3. The van der Waals surface area contributed by atoms with Crippen LogP contribution in [0.5, 0.6) is 11.5 Å². The number of amides is 1. The number of nitrogens with one attached hydrogen (secondary N) is 1. The number of benzene rings is 2. The van der Waals surface area contributed by atoms with E-state index in [0.29, 0.717) is 11.4 Å². The molecule has 1 N–H and O–H groups in total. The maximum atomic E-state index is 12.7. The van der Waals surface area contributed by atoms with E-state index in [4.69, 9.17) is 9.47 Å². The highest BCUT2D eigenvalue weighted by Crippen LogP contribution is 2.32. The molecule has 30 heavy (non-hydrogen) atoms. The summed E-state index contributed by atoms with van der Waals surface area (Å²) in [6.07, 6.45) is 1.07. The molecule has 0 unspecified atom stereocenters. The van der Waals surface area contributed by atoms with Gasteiger partial charge in [-0.05, 0) is 68.7 Å². The average molecular weight is 435 g/mol. The van der Waals surface area contributed by atoms with Crippen LogP contribution in [0, 0.1) is 20.8 Å². The highest BCUT2D eigenvalue weighted by molar-refractivity contribution is 7.92. The molecule has 0 bridgehead atoms. The third kappa shape index (κ3) is 6.13. The van der Waals surface area contributed by atoms with Crippen molar-refractivity contribution in [1.29, 1.82) is 0 Å². The Morgan fingerprint density at radius 2 is 1.70 bits per heavy atom. The Labute approximate surface area is 179 Å². The van der Waals surface area contributed by atoms with Crippen LogP contribution in [0.25, 0.3) is 0 Å². The van der Waals surface area contributed by atoms with Gasteiger partial charge in [0, 0.05) is 0 Å². The molecule has 0 saturated carbocycles. The van der Waals surface area contributed by atoms with Gasteiger partial charge in [0.1, 0.15) is 24.1 Å². The molecule has 0 aliphatic carbocycles. The van der Waals surface area contributed by atoms with Crippen LogP contribution in [0.3, 0.4) is 0 Å². The van der Waals surface area contributed by atoms with Crippen LogP contribution in [0.4, 0.5) is 5.69 Å². The van der Waals surface area contributed by atoms with E-state index in [2.05, 4.69) is 11.4 Å². The lowest BCUT2D eigenvalue weighted by Gasteiger charge is -2.29. The third-order valence-electron chi connectivity index (χ3n) is 4.53. The fourth-order valence-electron chi connectivity index (χ4n) is 3.26. The van der Waals surface area contributed by atoms with Crippen molar-refractivity contribution in [3.8, 4) is 11.5 Å². The number of anilines is 1. The van der Waals surface area contributed by atoms with Gasteiger partial charge in [-0.1, -0.05) is 12.1 Å². The first-order valence-corrected chi connectivity index (χ1v) is 11.5. The summed E-state index contributed by atoms with van der Waals surface area (Å²) in [4.78, 5) is 12.7. The standard InChI is InChI=1S/C22H30N2O5S/c1-15-7-8-21(28-5)20(14-15)24(30(6,26)27)18(4)22(25)23-9-10-29-19-12-16(2)11-17(3)13-19/h7-8,11-14,18H,9-10H2,1-6H3,(H,23,25)/t18-/m0/s1. The number of methoxy groups -OCH3 is 1. The van der Waals surface area contributed by atoms with Crippen molar-refractivity contribution in [2.24, 2.45) is 0 Å². The number of carbonyl (C=O) groups excluding carboxylic acids is 1. The van der Waals surface area contributed by atoms with Crippen LogP contribution in [-0.2, 0) is 14.8 Å². The van der Waals surface area contributed by atoms with E-state index in [9.17, 15) is 13.2 Å². The van der Waals surface area contributed by atoms with Crippen molar-refractivity contribution in [2.45, 2.75) is 33.7 Å². The maximum Gasteiger partial charge on any atom is 0.243 e. The van der Waals surface area contributed by atoms with Gasteiger partial charge >= 0.3 is 0 Å². The Bertz CT molecular complexity index is 984. The molecule has 0 aliphatic rings. The number of nitrogens with zero attached hydrogens (tertiary/aromatic N) is 1. The topological polar surface area (TPSA) is 84.9 Å². The summed E-state index contributed by atoms with van der Waals surface area (Å²) in [5, 5.41) is 2.75. The Balaban J connectivity index is 2.08. The Kier molecular flexibility index (Phi) is 7.72. The first-order chi connectivity index (χ1) is 14.0. The van der Waals surface area contributed by atoms with Crippen LogP contribution in [0.15, 0.2) is 36.4 Å². The second kappa shape index (κ2) is 9.84. The zero-order valence-corrected chi connectivity index (χ0v) is 19.2. The molecule has 1 amide bonds. The molecule has 1 atom stereocenters. The van der Waals surface area contributed by atoms with Gasteiger partial charge in [0.25, 0.3) is 0 Å². The van der Waals surface area contributed by atoms with Crippen LogP contribution >= 0.6 is 0 Å². The first kappa shape index (κ1) is 23.5. The lowest BCUT2D eigenvalue weighted by molar-refractivity contribution is -0.121. The van der Waals surface area contributed by atoms with Crippen LogP contribution in [0.1, 0.15) is 23.6 Å². The molecule has 164 valence electrons. The molecule has 2 aromatic rings. The van der Waals surface area contributed by atoms with Crippen molar-refractivity contribution in [1.82, 2.24) is 5.32 Å². The first-order valence-electron chi connectivity index (χ1n) is 9.65. The smallest absolute Gasteiger partial charge is 0.243 e. The predicted molar refractivity (Wildman–Crippen MR) is 119 cm³/mol. The van der Waals surface area contributed by atoms with Gasteiger partial charge in [-0.2, -0.15) is 0 Å². The summed E-state index contributed by atoms with van der Waals surface area (Å²) >= 11 is 0. The number of rotatable bonds is 9. The number of hydrogen-bond donors (Lipinski definition) is 1. The average Bonchev–Trinajstić information content (AvgIpc) is 2.63. The van der Waals surface area contributed by atoms with E-state index in [1.165, 1.54) is 7.11 Å². The van der Waals surface area contributed by atoms with Crippen molar-refractivity contribution in [2.75, 3.05) is 30.8 Å². The van der Waals surface area contributed by atoms with Crippen molar-refractivity contribution >= 4 is 21.6 Å². The molecular weight excluding hydrogens is 404 g/mol. The second-order valence-electron chi connectivity index (χ2n) is 7.37. The minimum atomic E-state index is -3.73. The summed E-state index contributed by atoms with van der Waals surface area (Å²) in [6, 6.07) is 10.1. The molecule has 0 saturated heterocycles. The second-order valence-corrected chi connectivity index (χ2v) is 9.23. The molecule has 0 aromatic heterocycles. The summed E-state index contributed by atoms with van der Waals surface area (Å²) in [5.74, 6) is 0.689. The van der Waals surface area contributed by atoms with Gasteiger partial charge in [0.15, 0.2) is 0 Å². The molecule has 0 aliphatic heterocycles. The van der Waals surface area contributed by atoms with Crippen LogP contribution in [0.2, 0.25) is 0 Å². The van der Waals surface area contributed by atoms with Gasteiger partial charge in [-0.15, -0.1) is 0 Å². The zero-order chi connectivity index (χ0) is 22.5. The fourth-order valence-corrected chi connectivity index (χ4v) is 4.43. The van der Waals surface area contributed by atoms with E-state index in [1.807, 2.05) is 39.0 Å². The fraction of sp³-hybridized carbons (Fsp3) is 0.409. The van der Waals surface area contributed by atoms with Gasteiger partial charge in [-0.25, -0.2) is 8.42 Å². The Morgan fingerprint density at radius 3 is 2.27 bits per heavy atom. The summed E-state index contributed by atoms with van der Waals surface area (Å²) in [6.45, 7) is 7.89. The summed E-state index contributed by atoms with van der Waals surface area (Å²) in [5.41, 5.74) is 3.38. The normalized spacial score (nSPS) is 12.2. The highest BCUT2D eigenvalue weighted by Gasteiger charge is 2.31. The minimum Gasteiger partial charge on any atom is -0.495 e. The molecule has 0 radical (unpaired) electrons. The molecular formula is C22H30N2O5S. The van der Waals surface area contributed by atoms with Gasteiger partial charge in [0.05, 0.1) is 25.6 Å². The molecule has 0 spiro atoms. The van der Waals surface area contributed by atoms with E-state index in [1.54, 1.807) is 19.1 Å².